The molecule has 0 aromatic heterocycles. The molecule has 5 rings (SSSR count). The first-order valence-corrected chi connectivity index (χ1v) is 11.4. The van der Waals surface area contributed by atoms with Gasteiger partial charge in [0.1, 0.15) is 6.29 Å². The number of aldehydes is 1. The van der Waals surface area contributed by atoms with Crippen molar-refractivity contribution in [2.75, 3.05) is 43.1 Å². The SMILES string of the molecule is O=Cc1ccc(N2CCC(O)CC2CN2CCc3ccccc3C2)c(NC2COC2)c1. The third-order valence-corrected chi connectivity index (χ3v) is 6.83. The van der Waals surface area contributed by atoms with Crippen LogP contribution in [0.15, 0.2) is 42.5 Å². The van der Waals surface area contributed by atoms with Crippen molar-refractivity contribution < 1.29 is 14.6 Å². The molecule has 0 bridgehead atoms. The standard InChI is InChI=1S/C25H31N3O3/c29-15-18-5-6-25(24(11-18)26-21-16-31-17-21)28-10-8-23(30)12-22(28)14-27-9-7-19-3-1-2-4-20(19)13-27/h1-6,11,15,21-23,26,30H,7-10,12-14,16-17H2. The smallest absolute Gasteiger partial charge is 0.150 e. The van der Waals surface area contributed by atoms with Crippen LogP contribution in [-0.4, -0.2) is 67.3 Å². The Kier molecular flexibility index (Phi) is 5.94. The zero-order valence-corrected chi connectivity index (χ0v) is 17.9. The number of benzene rings is 2. The lowest BCUT2D eigenvalue weighted by molar-refractivity contribution is 0.0211. The molecule has 2 fully saturated rings. The van der Waals surface area contributed by atoms with E-state index >= 15 is 0 Å². The van der Waals surface area contributed by atoms with Crippen molar-refractivity contribution in [3.05, 3.63) is 59.2 Å². The Hall–Kier alpha value is -2.41. The zero-order chi connectivity index (χ0) is 21.2. The molecule has 0 radical (unpaired) electrons. The van der Waals surface area contributed by atoms with Crippen LogP contribution in [-0.2, 0) is 17.7 Å². The molecule has 31 heavy (non-hydrogen) atoms. The van der Waals surface area contributed by atoms with Gasteiger partial charge in [0.05, 0.1) is 36.7 Å². The molecule has 6 nitrogen and oxygen atoms in total. The van der Waals surface area contributed by atoms with Gasteiger partial charge in [0, 0.05) is 37.8 Å². The van der Waals surface area contributed by atoms with E-state index in [1.54, 1.807) is 0 Å². The van der Waals surface area contributed by atoms with Crippen LogP contribution in [0.3, 0.4) is 0 Å². The summed E-state index contributed by atoms with van der Waals surface area (Å²) in [5, 5.41) is 14.0. The Bertz CT molecular complexity index is 930. The lowest BCUT2D eigenvalue weighted by Gasteiger charge is -2.44. The number of nitrogens with zero attached hydrogens (tertiary/aromatic N) is 2. The van der Waals surface area contributed by atoms with Gasteiger partial charge < -0.3 is 20.1 Å². The van der Waals surface area contributed by atoms with Crippen molar-refractivity contribution in [2.45, 2.75) is 44.0 Å². The summed E-state index contributed by atoms with van der Waals surface area (Å²) >= 11 is 0. The largest absolute Gasteiger partial charge is 0.393 e. The van der Waals surface area contributed by atoms with Crippen molar-refractivity contribution in [1.29, 1.82) is 0 Å². The Morgan fingerprint density at radius 2 is 1.97 bits per heavy atom. The number of nitrogens with one attached hydrogen (secondary N) is 1. The Labute approximate surface area is 183 Å². The minimum Gasteiger partial charge on any atom is -0.393 e. The predicted molar refractivity (Wildman–Crippen MR) is 122 cm³/mol. The van der Waals surface area contributed by atoms with Gasteiger partial charge in [0.2, 0.25) is 0 Å². The first-order chi connectivity index (χ1) is 15.2. The van der Waals surface area contributed by atoms with E-state index in [0.29, 0.717) is 18.8 Å². The average molecular weight is 422 g/mol. The van der Waals surface area contributed by atoms with Crippen LogP contribution >= 0.6 is 0 Å². The Morgan fingerprint density at radius 3 is 2.74 bits per heavy atom. The fraction of sp³-hybridized carbons (Fsp3) is 0.480. The van der Waals surface area contributed by atoms with Crippen LogP contribution in [0.4, 0.5) is 11.4 Å². The van der Waals surface area contributed by atoms with E-state index in [4.69, 9.17) is 4.74 Å². The van der Waals surface area contributed by atoms with Crippen molar-refractivity contribution >= 4 is 17.7 Å². The van der Waals surface area contributed by atoms with Gasteiger partial charge in [0.25, 0.3) is 0 Å². The third-order valence-electron chi connectivity index (χ3n) is 6.83. The van der Waals surface area contributed by atoms with Crippen molar-refractivity contribution in [2.24, 2.45) is 0 Å². The molecule has 2 N–H and O–H groups in total. The van der Waals surface area contributed by atoms with E-state index in [1.165, 1.54) is 11.1 Å². The minimum absolute atomic E-state index is 0.231. The van der Waals surface area contributed by atoms with E-state index in [-0.39, 0.29) is 18.2 Å². The summed E-state index contributed by atoms with van der Waals surface area (Å²) in [5.41, 5.74) is 5.65. The van der Waals surface area contributed by atoms with Crippen molar-refractivity contribution in [3.63, 3.8) is 0 Å². The van der Waals surface area contributed by atoms with Crippen molar-refractivity contribution in [1.82, 2.24) is 4.90 Å². The van der Waals surface area contributed by atoms with E-state index in [2.05, 4.69) is 45.4 Å². The summed E-state index contributed by atoms with van der Waals surface area (Å²) in [4.78, 5) is 16.3. The van der Waals surface area contributed by atoms with Crippen LogP contribution in [0.1, 0.15) is 34.3 Å². The first-order valence-electron chi connectivity index (χ1n) is 11.4. The second-order valence-electron chi connectivity index (χ2n) is 9.05. The number of hydrogen-bond donors (Lipinski definition) is 2. The maximum Gasteiger partial charge on any atom is 0.150 e. The molecule has 2 aromatic carbocycles. The number of aliphatic hydroxyl groups is 1. The molecular formula is C25H31N3O3. The zero-order valence-electron chi connectivity index (χ0n) is 17.9. The molecule has 0 spiro atoms. The number of aliphatic hydroxyl groups excluding tert-OH is 1. The molecule has 0 saturated carbocycles. The van der Waals surface area contributed by atoms with Gasteiger partial charge in [0.15, 0.2) is 0 Å². The molecule has 0 aliphatic carbocycles. The quantitative estimate of drug-likeness (QED) is 0.700. The number of carbonyl (C=O) groups excluding carboxylic acids is 1. The lowest BCUT2D eigenvalue weighted by Crippen LogP contribution is -2.51. The molecule has 3 heterocycles. The summed E-state index contributed by atoms with van der Waals surface area (Å²) in [6.45, 7) is 5.14. The molecule has 3 aliphatic heterocycles. The highest BCUT2D eigenvalue weighted by atomic mass is 16.5. The van der Waals surface area contributed by atoms with E-state index < -0.39 is 0 Å². The highest BCUT2D eigenvalue weighted by molar-refractivity contribution is 5.82. The maximum atomic E-state index is 11.4. The van der Waals surface area contributed by atoms with Crippen LogP contribution in [0, 0.1) is 0 Å². The summed E-state index contributed by atoms with van der Waals surface area (Å²) in [6, 6.07) is 15.1. The molecule has 164 valence electrons. The fourth-order valence-corrected chi connectivity index (χ4v) is 5.06. The summed E-state index contributed by atoms with van der Waals surface area (Å²) in [5.74, 6) is 0. The molecule has 3 aliphatic rings. The second kappa shape index (κ2) is 8.99. The van der Waals surface area contributed by atoms with Gasteiger partial charge in [-0.25, -0.2) is 0 Å². The molecule has 2 saturated heterocycles. The second-order valence-corrected chi connectivity index (χ2v) is 9.05. The van der Waals surface area contributed by atoms with Gasteiger partial charge in [-0.15, -0.1) is 0 Å². The molecule has 6 heteroatoms. The van der Waals surface area contributed by atoms with Gasteiger partial charge in [-0.2, -0.15) is 0 Å². The van der Waals surface area contributed by atoms with Gasteiger partial charge in [-0.3, -0.25) is 9.69 Å². The number of hydrogen-bond acceptors (Lipinski definition) is 6. The minimum atomic E-state index is -0.260. The number of ether oxygens (including phenoxy) is 1. The number of rotatable bonds is 6. The monoisotopic (exact) mass is 421 g/mol. The average Bonchev–Trinajstić information content (AvgIpc) is 2.76. The van der Waals surface area contributed by atoms with Crippen molar-refractivity contribution in [3.8, 4) is 0 Å². The highest BCUT2D eigenvalue weighted by Gasteiger charge is 2.32. The Morgan fingerprint density at radius 1 is 1.13 bits per heavy atom. The molecule has 2 atom stereocenters. The summed E-state index contributed by atoms with van der Waals surface area (Å²) in [7, 11) is 0. The van der Waals surface area contributed by atoms with Crippen LogP contribution in [0.25, 0.3) is 0 Å². The molecule has 2 unspecified atom stereocenters. The normalized spacial score (nSPS) is 24.4. The van der Waals surface area contributed by atoms with E-state index in [0.717, 1.165) is 63.1 Å². The number of anilines is 2. The maximum absolute atomic E-state index is 11.4. The highest BCUT2D eigenvalue weighted by Crippen LogP contribution is 2.34. The van der Waals surface area contributed by atoms with E-state index in [1.807, 2.05) is 12.1 Å². The van der Waals surface area contributed by atoms with Crippen LogP contribution in [0.2, 0.25) is 0 Å². The molecule has 0 amide bonds. The van der Waals surface area contributed by atoms with E-state index in [9.17, 15) is 9.90 Å². The summed E-state index contributed by atoms with van der Waals surface area (Å²) < 4.78 is 5.33. The lowest BCUT2D eigenvalue weighted by atomic mass is 9.95. The third kappa shape index (κ3) is 4.47. The molecule has 2 aromatic rings. The van der Waals surface area contributed by atoms with Gasteiger partial charge >= 0.3 is 0 Å². The number of carbonyl (C=O) groups is 1. The Balaban J connectivity index is 1.38. The number of piperidine rings is 1. The topological polar surface area (TPSA) is 65.0 Å². The first kappa shape index (κ1) is 20.5. The van der Waals surface area contributed by atoms with Crippen LogP contribution < -0.4 is 10.2 Å². The molecular weight excluding hydrogens is 390 g/mol. The number of fused-ring (bicyclic) bond motifs is 1. The summed E-state index contributed by atoms with van der Waals surface area (Å²) in [6.07, 6.45) is 3.24. The predicted octanol–water partition coefficient (Wildman–Crippen LogP) is 2.70. The fourth-order valence-electron chi connectivity index (χ4n) is 5.06. The van der Waals surface area contributed by atoms with Gasteiger partial charge in [-0.1, -0.05) is 24.3 Å². The van der Waals surface area contributed by atoms with Crippen LogP contribution in [0.5, 0.6) is 0 Å². The van der Waals surface area contributed by atoms with Gasteiger partial charge in [-0.05, 0) is 48.6 Å².